The van der Waals surface area contributed by atoms with Gasteiger partial charge in [0.25, 0.3) is 0 Å². The summed E-state index contributed by atoms with van der Waals surface area (Å²) in [6.07, 6.45) is 6.08. The number of aliphatic hydroxyl groups excluding tert-OH is 1. The standard InChI is InChI=1S/C12H19BrN2O/c1-10-6-8-15-12(11(10)13)14-7-4-2-3-5-9-16/h6,8,16H,2-5,7,9H2,1H3,(H,14,15). The Morgan fingerprint density at radius 2 is 2.06 bits per heavy atom. The molecule has 0 fully saturated rings. The second-order valence-electron chi connectivity index (χ2n) is 3.86. The fraction of sp³-hybridized carbons (Fsp3) is 0.583. The fourth-order valence-corrected chi connectivity index (χ4v) is 1.84. The minimum atomic E-state index is 0.304. The first kappa shape index (κ1) is 13.5. The number of hydrogen-bond acceptors (Lipinski definition) is 3. The molecule has 0 aromatic carbocycles. The first-order valence-corrected chi connectivity index (χ1v) is 6.51. The largest absolute Gasteiger partial charge is 0.396 e. The predicted molar refractivity (Wildman–Crippen MR) is 70.7 cm³/mol. The Morgan fingerprint density at radius 1 is 1.31 bits per heavy atom. The lowest BCUT2D eigenvalue weighted by Crippen LogP contribution is -2.04. The highest BCUT2D eigenvalue weighted by atomic mass is 79.9. The zero-order chi connectivity index (χ0) is 11.8. The maximum absolute atomic E-state index is 8.64. The molecule has 0 amide bonds. The van der Waals surface area contributed by atoms with Crippen molar-refractivity contribution < 1.29 is 5.11 Å². The van der Waals surface area contributed by atoms with E-state index >= 15 is 0 Å². The van der Waals surface area contributed by atoms with Crippen molar-refractivity contribution in [2.24, 2.45) is 0 Å². The number of nitrogens with zero attached hydrogens (tertiary/aromatic N) is 1. The van der Waals surface area contributed by atoms with Crippen LogP contribution in [0, 0.1) is 6.92 Å². The summed E-state index contributed by atoms with van der Waals surface area (Å²) in [6, 6.07) is 1.98. The summed E-state index contributed by atoms with van der Waals surface area (Å²) >= 11 is 3.52. The van der Waals surface area contributed by atoms with Gasteiger partial charge in [-0.05, 0) is 47.3 Å². The van der Waals surface area contributed by atoms with Crippen LogP contribution in [0.3, 0.4) is 0 Å². The van der Waals surface area contributed by atoms with Gasteiger partial charge in [0, 0.05) is 19.3 Å². The van der Waals surface area contributed by atoms with Crippen molar-refractivity contribution >= 4 is 21.7 Å². The van der Waals surface area contributed by atoms with E-state index in [0.29, 0.717) is 6.61 Å². The van der Waals surface area contributed by atoms with E-state index in [1.54, 1.807) is 0 Å². The van der Waals surface area contributed by atoms with E-state index in [1.165, 1.54) is 5.56 Å². The van der Waals surface area contributed by atoms with Gasteiger partial charge in [-0.1, -0.05) is 12.8 Å². The molecule has 1 aromatic heterocycles. The second-order valence-corrected chi connectivity index (χ2v) is 4.65. The Bertz CT molecular complexity index is 318. The molecule has 0 saturated carbocycles. The Hall–Kier alpha value is -0.610. The molecule has 0 spiro atoms. The SMILES string of the molecule is Cc1ccnc(NCCCCCCO)c1Br. The summed E-state index contributed by atoms with van der Waals surface area (Å²) in [5.41, 5.74) is 1.19. The van der Waals surface area contributed by atoms with Gasteiger partial charge in [-0.25, -0.2) is 4.98 Å². The third kappa shape index (κ3) is 4.49. The van der Waals surface area contributed by atoms with Crippen molar-refractivity contribution in [3.8, 4) is 0 Å². The molecule has 0 atom stereocenters. The molecule has 2 N–H and O–H groups in total. The molecule has 0 aliphatic heterocycles. The van der Waals surface area contributed by atoms with Crippen molar-refractivity contribution in [3.63, 3.8) is 0 Å². The van der Waals surface area contributed by atoms with Gasteiger partial charge in [0.1, 0.15) is 5.82 Å². The molecule has 1 aromatic rings. The van der Waals surface area contributed by atoms with Gasteiger partial charge in [0.05, 0.1) is 4.47 Å². The summed E-state index contributed by atoms with van der Waals surface area (Å²) in [6.45, 7) is 3.29. The maximum Gasteiger partial charge on any atom is 0.140 e. The monoisotopic (exact) mass is 286 g/mol. The molecule has 0 aliphatic carbocycles. The number of nitrogens with one attached hydrogen (secondary N) is 1. The molecule has 0 unspecified atom stereocenters. The van der Waals surface area contributed by atoms with Gasteiger partial charge in [-0.3, -0.25) is 0 Å². The molecule has 1 rings (SSSR count). The molecule has 0 radical (unpaired) electrons. The fourth-order valence-electron chi connectivity index (χ4n) is 1.46. The highest BCUT2D eigenvalue weighted by molar-refractivity contribution is 9.10. The molecule has 0 saturated heterocycles. The molecule has 0 bridgehead atoms. The van der Waals surface area contributed by atoms with Crippen molar-refractivity contribution in [2.75, 3.05) is 18.5 Å². The van der Waals surface area contributed by atoms with E-state index in [-0.39, 0.29) is 0 Å². The van der Waals surface area contributed by atoms with Gasteiger partial charge in [-0.15, -0.1) is 0 Å². The Labute approximate surface area is 105 Å². The number of unbranched alkanes of at least 4 members (excludes halogenated alkanes) is 3. The minimum absolute atomic E-state index is 0.304. The van der Waals surface area contributed by atoms with E-state index in [1.807, 2.05) is 12.3 Å². The van der Waals surface area contributed by atoms with Crippen LogP contribution in [0.5, 0.6) is 0 Å². The van der Waals surface area contributed by atoms with Crippen LogP contribution in [0.25, 0.3) is 0 Å². The van der Waals surface area contributed by atoms with Crippen molar-refractivity contribution in [1.29, 1.82) is 0 Å². The highest BCUT2D eigenvalue weighted by Crippen LogP contribution is 2.23. The third-order valence-corrected chi connectivity index (χ3v) is 3.46. The van der Waals surface area contributed by atoms with Crippen LogP contribution in [0.4, 0.5) is 5.82 Å². The first-order valence-electron chi connectivity index (χ1n) is 5.71. The van der Waals surface area contributed by atoms with Gasteiger partial charge in [0.2, 0.25) is 0 Å². The molecule has 90 valence electrons. The number of halogens is 1. The van der Waals surface area contributed by atoms with Crippen LogP contribution in [0.15, 0.2) is 16.7 Å². The Morgan fingerprint density at radius 3 is 2.81 bits per heavy atom. The zero-order valence-corrected chi connectivity index (χ0v) is 11.3. The van der Waals surface area contributed by atoms with Crippen LogP contribution in [-0.4, -0.2) is 23.2 Å². The number of aliphatic hydroxyl groups is 1. The number of pyridine rings is 1. The summed E-state index contributed by atoms with van der Waals surface area (Å²) in [4.78, 5) is 4.28. The number of anilines is 1. The van der Waals surface area contributed by atoms with Crippen molar-refractivity contribution in [1.82, 2.24) is 4.98 Å². The van der Waals surface area contributed by atoms with Crippen LogP contribution < -0.4 is 5.32 Å². The number of aromatic nitrogens is 1. The van der Waals surface area contributed by atoms with Crippen molar-refractivity contribution in [3.05, 3.63) is 22.3 Å². The third-order valence-electron chi connectivity index (χ3n) is 2.46. The smallest absolute Gasteiger partial charge is 0.140 e. The molecule has 1 heterocycles. The van der Waals surface area contributed by atoms with Crippen LogP contribution in [0.2, 0.25) is 0 Å². The highest BCUT2D eigenvalue weighted by Gasteiger charge is 2.02. The molecular weight excluding hydrogens is 268 g/mol. The number of hydrogen-bond donors (Lipinski definition) is 2. The molecule has 0 aliphatic rings. The second kappa shape index (κ2) is 7.63. The summed E-state index contributed by atoms with van der Waals surface area (Å²) < 4.78 is 1.05. The van der Waals surface area contributed by atoms with Crippen molar-refractivity contribution in [2.45, 2.75) is 32.6 Å². The van der Waals surface area contributed by atoms with Gasteiger partial charge >= 0.3 is 0 Å². The topological polar surface area (TPSA) is 45.2 Å². The van der Waals surface area contributed by atoms with Crippen LogP contribution >= 0.6 is 15.9 Å². The average Bonchev–Trinajstić information content (AvgIpc) is 2.29. The quantitative estimate of drug-likeness (QED) is 0.757. The molecule has 16 heavy (non-hydrogen) atoms. The lowest BCUT2D eigenvalue weighted by molar-refractivity contribution is 0.283. The lowest BCUT2D eigenvalue weighted by atomic mass is 10.2. The number of rotatable bonds is 7. The first-order chi connectivity index (χ1) is 7.75. The normalized spacial score (nSPS) is 10.4. The molecule has 4 heteroatoms. The van der Waals surface area contributed by atoms with Crippen LogP contribution in [0.1, 0.15) is 31.2 Å². The minimum Gasteiger partial charge on any atom is -0.396 e. The maximum atomic E-state index is 8.64. The van der Waals surface area contributed by atoms with Gasteiger partial charge < -0.3 is 10.4 Å². The average molecular weight is 287 g/mol. The molecule has 3 nitrogen and oxygen atoms in total. The van der Waals surface area contributed by atoms with E-state index in [4.69, 9.17) is 5.11 Å². The summed E-state index contributed by atoms with van der Waals surface area (Å²) in [5, 5.41) is 11.9. The summed E-state index contributed by atoms with van der Waals surface area (Å²) in [5.74, 6) is 0.919. The summed E-state index contributed by atoms with van der Waals surface area (Å²) in [7, 11) is 0. The van der Waals surface area contributed by atoms with E-state index < -0.39 is 0 Å². The lowest BCUT2D eigenvalue weighted by Gasteiger charge is -2.08. The van der Waals surface area contributed by atoms with Crippen LogP contribution in [-0.2, 0) is 0 Å². The molecular formula is C12H19BrN2O. The number of aryl methyl sites for hydroxylation is 1. The Kier molecular flexibility index (Phi) is 6.42. The van der Waals surface area contributed by atoms with E-state index in [0.717, 1.165) is 42.5 Å². The predicted octanol–water partition coefficient (Wildman–Crippen LogP) is 3.12. The van der Waals surface area contributed by atoms with Gasteiger partial charge in [-0.2, -0.15) is 0 Å². The zero-order valence-electron chi connectivity index (χ0n) is 9.67. The van der Waals surface area contributed by atoms with Gasteiger partial charge in [0.15, 0.2) is 0 Å². The van der Waals surface area contributed by atoms with E-state index in [9.17, 15) is 0 Å². The van der Waals surface area contributed by atoms with E-state index in [2.05, 4.69) is 33.2 Å². The Balaban J connectivity index is 2.24.